The van der Waals surface area contributed by atoms with Gasteiger partial charge in [-0.1, -0.05) is 11.6 Å². The Labute approximate surface area is 110 Å². The second kappa shape index (κ2) is 5.29. The smallest absolute Gasteiger partial charge is 0.141 e. The van der Waals surface area contributed by atoms with E-state index in [1.807, 2.05) is 0 Å². The Morgan fingerprint density at radius 3 is 2.76 bits per heavy atom. The highest BCUT2D eigenvalue weighted by molar-refractivity contribution is 7.18. The number of halogens is 1. The molecule has 0 aromatic carbocycles. The summed E-state index contributed by atoms with van der Waals surface area (Å²) >= 11 is 7.90. The first-order valence-electron chi connectivity index (χ1n) is 5.54. The molecule has 2 heterocycles. The summed E-state index contributed by atoms with van der Waals surface area (Å²) in [7, 11) is 1.70. The summed E-state index contributed by atoms with van der Waals surface area (Å²) < 4.78 is 5.02. The van der Waals surface area contributed by atoms with Crippen molar-refractivity contribution in [2.75, 3.05) is 13.7 Å². The summed E-state index contributed by atoms with van der Waals surface area (Å²) in [6, 6.07) is 0. The number of hydrogen-bond acceptors (Lipinski definition) is 4. The first-order chi connectivity index (χ1) is 8.13. The van der Waals surface area contributed by atoms with Crippen molar-refractivity contribution >= 4 is 33.2 Å². The van der Waals surface area contributed by atoms with E-state index in [1.54, 1.807) is 18.4 Å². The Morgan fingerprint density at radius 2 is 2.06 bits per heavy atom. The molecule has 0 aliphatic rings. The first-order valence-corrected chi connectivity index (χ1v) is 6.74. The predicted molar refractivity (Wildman–Crippen MR) is 72.1 cm³/mol. The number of fused-ring (bicyclic) bond motifs is 1. The van der Waals surface area contributed by atoms with Gasteiger partial charge in [0.15, 0.2) is 0 Å². The zero-order chi connectivity index (χ0) is 12.4. The van der Waals surface area contributed by atoms with E-state index in [4.69, 9.17) is 16.3 Å². The van der Waals surface area contributed by atoms with Gasteiger partial charge in [-0.05, 0) is 25.8 Å². The fraction of sp³-hybridized carbons (Fsp3) is 0.500. The molecule has 17 heavy (non-hydrogen) atoms. The van der Waals surface area contributed by atoms with E-state index in [0.29, 0.717) is 5.15 Å². The van der Waals surface area contributed by atoms with E-state index in [2.05, 4.69) is 23.8 Å². The maximum absolute atomic E-state index is 6.22. The van der Waals surface area contributed by atoms with Crippen LogP contribution in [0.15, 0.2) is 0 Å². The van der Waals surface area contributed by atoms with E-state index in [-0.39, 0.29) is 0 Å². The van der Waals surface area contributed by atoms with Crippen LogP contribution in [-0.4, -0.2) is 23.7 Å². The Kier molecular flexibility index (Phi) is 3.97. The van der Waals surface area contributed by atoms with Crippen LogP contribution in [-0.2, 0) is 11.2 Å². The number of ether oxygens (including phenoxy) is 1. The standard InChI is InChI=1S/C12H15ClN2OS/c1-7-8(2)17-12-10(7)11(13)14-9(15-12)5-4-6-16-3/h4-6H2,1-3H3. The van der Waals surface area contributed by atoms with Crippen molar-refractivity contribution in [3.8, 4) is 0 Å². The van der Waals surface area contributed by atoms with E-state index in [1.165, 1.54) is 10.4 Å². The molecule has 0 radical (unpaired) electrons. The Morgan fingerprint density at radius 1 is 1.29 bits per heavy atom. The topological polar surface area (TPSA) is 35.0 Å². The lowest BCUT2D eigenvalue weighted by atomic mass is 10.2. The van der Waals surface area contributed by atoms with Crippen LogP contribution in [0, 0.1) is 13.8 Å². The Bertz CT molecular complexity index is 539. The lowest BCUT2D eigenvalue weighted by Crippen LogP contribution is -1.98. The molecule has 0 fully saturated rings. The van der Waals surface area contributed by atoms with Gasteiger partial charge in [0.1, 0.15) is 15.8 Å². The summed E-state index contributed by atoms with van der Waals surface area (Å²) in [6.07, 6.45) is 1.72. The maximum Gasteiger partial charge on any atom is 0.141 e. The van der Waals surface area contributed by atoms with Crippen LogP contribution in [0.2, 0.25) is 5.15 Å². The highest BCUT2D eigenvalue weighted by Gasteiger charge is 2.12. The third-order valence-electron chi connectivity index (χ3n) is 2.78. The molecule has 0 aliphatic carbocycles. The molecule has 2 aromatic rings. The molecular formula is C12H15ClN2OS. The number of nitrogens with zero attached hydrogens (tertiary/aromatic N) is 2. The fourth-order valence-electron chi connectivity index (χ4n) is 1.73. The van der Waals surface area contributed by atoms with Crippen LogP contribution < -0.4 is 0 Å². The van der Waals surface area contributed by atoms with Crippen molar-refractivity contribution in [1.82, 2.24) is 9.97 Å². The van der Waals surface area contributed by atoms with Crippen LogP contribution in [0.1, 0.15) is 22.7 Å². The van der Waals surface area contributed by atoms with E-state index >= 15 is 0 Å². The van der Waals surface area contributed by atoms with Crippen molar-refractivity contribution < 1.29 is 4.74 Å². The van der Waals surface area contributed by atoms with Crippen molar-refractivity contribution in [2.24, 2.45) is 0 Å². The van der Waals surface area contributed by atoms with Gasteiger partial charge in [0.25, 0.3) is 0 Å². The number of aryl methyl sites for hydroxylation is 3. The van der Waals surface area contributed by atoms with Crippen molar-refractivity contribution in [3.05, 3.63) is 21.4 Å². The predicted octanol–water partition coefficient (Wildman–Crippen LogP) is 3.54. The molecule has 0 amide bonds. The molecule has 0 aliphatic heterocycles. The molecule has 5 heteroatoms. The van der Waals surface area contributed by atoms with Crippen LogP contribution in [0.4, 0.5) is 0 Å². The van der Waals surface area contributed by atoms with Gasteiger partial charge in [-0.3, -0.25) is 0 Å². The Hall–Kier alpha value is -0.710. The van der Waals surface area contributed by atoms with E-state index < -0.39 is 0 Å². The minimum Gasteiger partial charge on any atom is -0.385 e. The average Bonchev–Trinajstić information content (AvgIpc) is 2.55. The third-order valence-corrected chi connectivity index (χ3v) is 4.15. The van der Waals surface area contributed by atoms with Crippen molar-refractivity contribution in [2.45, 2.75) is 26.7 Å². The van der Waals surface area contributed by atoms with Gasteiger partial charge in [0.2, 0.25) is 0 Å². The third kappa shape index (κ3) is 2.59. The lowest BCUT2D eigenvalue weighted by Gasteiger charge is -2.02. The highest BCUT2D eigenvalue weighted by Crippen LogP contribution is 2.32. The highest BCUT2D eigenvalue weighted by atomic mass is 35.5. The zero-order valence-corrected chi connectivity index (χ0v) is 11.8. The molecule has 0 N–H and O–H groups in total. The molecule has 0 saturated heterocycles. The second-order valence-corrected chi connectivity index (χ2v) is 5.55. The van der Waals surface area contributed by atoms with Crippen LogP contribution in [0.3, 0.4) is 0 Å². The van der Waals surface area contributed by atoms with Crippen molar-refractivity contribution in [3.63, 3.8) is 0 Å². The molecule has 92 valence electrons. The van der Waals surface area contributed by atoms with Gasteiger partial charge in [0.05, 0.1) is 5.39 Å². The molecule has 0 bridgehead atoms. The summed E-state index contributed by atoms with van der Waals surface area (Å²) in [5, 5.41) is 1.58. The lowest BCUT2D eigenvalue weighted by molar-refractivity contribution is 0.194. The Balaban J connectivity index is 2.35. The molecular weight excluding hydrogens is 256 g/mol. The number of thiophene rings is 1. The summed E-state index contributed by atoms with van der Waals surface area (Å²) in [6.45, 7) is 4.87. The van der Waals surface area contributed by atoms with E-state index in [9.17, 15) is 0 Å². The van der Waals surface area contributed by atoms with Crippen molar-refractivity contribution in [1.29, 1.82) is 0 Å². The summed E-state index contributed by atoms with van der Waals surface area (Å²) in [5.41, 5.74) is 1.19. The molecule has 0 spiro atoms. The quantitative estimate of drug-likeness (QED) is 0.630. The molecule has 0 saturated carbocycles. The van der Waals surface area contributed by atoms with Gasteiger partial charge >= 0.3 is 0 Å². The molecule has 3 nitrogen and oxygen atoms in total. The first kappa shape index (κ1) is 12.7. The molecule has 0 atom stereocenters. The second-order valence-electron chi connectivity index (χ2n) is 3.99. The normalized spacial score (nSPS) is 11.3. The van der Waals surface area contributed by atoms with Crippen LogP contribution in [0.5, 0.6) is 0 Å². The fourth-order valence-corrected chi connectivity index (χ4v) is 3.16. The minimum atomic E-state index is 0.573. The minimum absolute atomic E-state index is 0.573. The number of aromatic nitrogens is 2. The average molecular weight is 271 g/mol. The SMILES string of the molecule is COCCCc1nc(Cl)c2c(C)c(C)sc2n1. The number of rotatable bonds is 4. The molecule has 0 unspecified atom stereocenters. The zero-order valence-electron chi connectivity index (χ0n) is 10.2. The van der Waals surface area contributed by atoms with Gasteiger partial charge in [-0.25, -0.2) is 9.97 Å². The van der Waals surface area contributed by atoms with E-state index in [0.717, 1.165) is 35.5 Å². The largest absolute Gasteiger partial charge is 0.385 e. The number of hydrogen-bond donors (Lipinski definition) is 0. The summed E-state index contributed by atoms with van der Waals surface area (Å²) in [5.74, 6) is 0.806. The van der Waals surface area contributed by atoms with Crippen LogP contribution >= 0.6 is 22.9 Å². The van der Waals surface area contributed by atoms with Gasteiger partial charge < -0.3 is 4.74 Å². The van der Waals surface area contributed by atoms with Crippen LogP contribution in [0.25, 0.3) is 10.2 Å². The van der Waals surface area contributed by atoms with Gasteiger partial charge in [-0.2, -0.15) is 0 Å². The summed E-state index contributed by atoms with van der Waals surface area (Å²) in [4.78, 5) is 11.2. The maximum atomic E-state index is 6.22. The number of methoxy groups -OCH3 is 1. The molecule has 2 aromatic heterocycles. The van der Waals surface area contributed by atoms with Gasteiger partial charge in [0, 0.05) is 25.0 Å². The molecule has 2 rings (SSSR count). The monoisotopic (exact) mass is 270 g/mol. The van der Waals surface area contributed by atoms with Gasteiger partial charge in [-0.15, -0.1) is 11.3 Å².